The smallest absolute Gasteiger partial charge is 0.335 e. The van der Waals surface area contributed by atoms with Crippen LogP contribution in [-0.4, -0.2) is 35.5 Å². The summed E-state index contributed by atoms with van der Waals surface area (Å²) in [7, 11) is -1.07. The average Bonchev–Trinajstić information content (AvgIpc) is 2.76. The third-order valence-electron chi connectivity index (χ3n) is 3.10. The van der Waals surface area contributed by atoms with E-state index < -0.39 is 14.0 Å². The second kappa shape index (κ2) is 5.76. The minimum absolute atomic E-state index is 0.275. The normalized spacial score (nSPS) is 11.9. The van der Waals surface area contributed by atoms with Gasteiger partial charge in [0, 0.05) is 20.1 Å². The first kappa shape index (κ1) is 14.7. The van der Waals surface area contributed by atoms with E-state index in [1.165, 1.54) is 0 Å². The summed E-state index contributed by atoms with van der Waals surface area (Å²) in [6, 6.07) is 6.11. The molecule has 0 aliphatic heterocycles. The Morgan fingerprint density at radius 1 is 1.40 bits per heavy atom. The second-order valence-electron chi connectivity index (χ2n) is 6.07. The number of aromatic nitrogens is 2. The number of benzene rings is 1. The SMILES string of the molecule is C[Si](C)(C)CCOCn1ncc2cc(C(=O)O)ccc21. The van der Waals surface area contributed by atoms with Crippen molar-refractivity contribution in [3.8, 4) is 0 Å². The summed E-state index contributed by atoms with van der Waals surface area (Å²) in [6.07, 6.45) is 1.67. The molecule has 1 aromatic heterocycles. The summed E-state index contributed by atoms with van der Waals surface area (Å²) >= 11 is 0. The van der Waals surface area contributed by atoms with Crippen LogP contribution >= 0.6 is 0 Å². The van der Waals surface area contributed by atoms with Crippen LogP contribution < -0.4 is 0 Å². The third kappa shape index (κ3) is 3.67. The van der Waals surface area contributed by atoms with Crippen molar-refractivity contribution in [1.29, 1.82) is 0 Å². The first-order valence-electron chi connectivity index (χ1n) is 6.63. The molecule has 2 aromatic rings. The fourth-order valence-electron chi connectivity index (χ4n) is 1.85. The van der Waals surface area contributed by atoms with Gasteiger partial charge in [-0.1, -0.05) is 19.6 Å². The van der Waals surface area contributed by atoms with E-state index in [1.54, 1.807) is 29.1 Å². The molecule has 0 amide bonds. The molecule has 0 aliphatic rings. The van der Waals surface area contributed by atoms with Crippen molar-refractivity contribution in [3.05, 3.63) is 30.0 Å². The van der Waals surface area contributed by atoms with Gasteiger partial charge in [0.25, 0.3) is 0 Å². The lowest BCUT2D eigenvalue weighted by molar-refractivity contribution is 0.0697. The molecule has 0 radical (unpaired) electrons. The lowest BCUT2D eigenvalue weighted by Gasteiger charge is -2.15. The van der Waals surface area contributed by atoms with Crippen molar-refractivity contribution in [2.75, 3.05) is 6.61 Å². The predicted molar refractivity (Wildman–Crippen MR) is 80.8 cm³/mol. The molecule has 0 aliphatic carbocycles. The first-order valence-corrected chi connectivity index (χ1v) is 10.3. The van der Waals surface area contributed by atoms with Crippen molar-refractivity contribution in [2.45, 2.75) is 32.4 Å². The van der Waals surface area contributed by atoms with Gasteiger partial charge >= 0.3 is 5.97 Å². The number of carbonyl (C=O) groups is 1. The Labute approximate surface area is 119 Å². The fraction of sp³-hybridized carbons (Fsp3) is 0.429. The molecule has 0 fully saturated rings. The zero-order chi connectivity index (χ0) is 14.8. The predicted octanol–water partition coefficient (Wildman–Crippen LogP) is 3.05. The molecular formula is C14H20N2O3Si. The van der Waals surface area contributed by atoms with Crippen LogP contribution in [0.3, 0.4) is 0 Å². The molecule has 0 unspecified atom stereocenters. The Morgan fingerprint density at radius 2 is 2.15 bits per heavy atom. The number of hydrogen-bond donors (Lipinski definition) is 1. The average molecular weight is 292 g/mol. The van der Waals surface area contributed by atoms with Crippen molar-refractivity contribution in [3.63, 3.8) is 0 Å². The maximum absolute atomic E-state index is 10.9. The summed E-state index contributed by atoms with van der Waals surface area (Å²) in [5.74, 6) is -0.925. The molecule has 1 N–H and O–H groups in total. The maximum Gasteiger partial charge on any atom is 0.335 e. The van der Waals surface area contributed by atoms with E-state index in [1.807, 2.05) is 0 Å². The molecule has 0 bridgehead atoms. The van der Waals surface area contributed by atoms with Gasteiger partial charge in [0.05, 0.1) is 17.3 Å². The van der Waals surface area contributed by atoms with Crippen LogP contribution in [0.2, 0.25) is 25.7 Å². The van der Waals surface area contributed by atoms with E-state index in [-0.39, 0.29) is 5.56 Å². The number of nitrogens with zero attached hydrogens (tertiary/aromatic N) is 2. The molecule has 0 saturated heterocycles. The molecule has 5 nitrogen and oxygen atoms in total. The van der Waals surface area contributed by atoms with Gasteiger partial charge in [0.15, 0.2) is 0 Å². The molecular weight excluding hydrogens is 272 g/mol. The maximum atomic E-state index is 10.9. The van der Waals surface area contributed by atoms with Crippen LogP contribution in [0.5, 0.6) is 0 Å². The van der Waals surface area contributed by atoms with Gasteiger partial charge in [-0.2, -0.15) is 5.10 Å². The quantitative estimate of drug-likeness (QED) is 0.656. The number of rotatable bonds is 6. The summed E-state index contributed by atoms with van der Waals surface area (Å²) < 4.78 is 7.41. The molecule has 1 aromatic carbocycles. The minimum Gasteiger partial charge on any atom is -0.478 e. The van der Waals surface area contributed by atoms with E-state index in [9.17, 15) is 4.79 Å². The van der Waals surface area contributed by atoms with Crippen molar-refractivity contribution < 1.29 is 14.6 Å². The molecule has 0 saturated carbocycles. The molecule has 108 valence electrons. The van der Waals surface area contributed by atoms with Gasteiger partial charge in [-0.15, -0.1) is 0 Å². The van der Waals surface area contributed by atoms with E-state index in [4.69, 9.17) is 9.84 Å². The van der Waals surface area contributed by atoms with Crippen LogP contribution in [0, 0.1) is 0 Å². The number of ether oxygens (including phenoxy) is 1. The summed E-state index contributed by atoms with van der Waals surface area (Å²) in [5.41, 5.74) is 1.17. The van der Waals surface area contributed by atoms with Crippen LogP contribution in [0.1, 0.15) is 10.4 Å². The van der Waals surface area contributed by atoms with Crippen LogP contribution in [-0.2, 0) is 11.5 Å². The van der Waals surface area contributed by atoms with Gasteiger partial charge in [-0.05, 0) is 24.2 Å². The number of hydrogen-bond acceptors (Lipinski definition) is 3. The van der Waals surface area contributed by atoms with Gasteiger partial charge < -0.3 is 9.84 Å². The second-order valence-corrected chi connectivity index (χ2v) is 11.7. The summed E-state index contributed by atoms with van der Waals surface area (Å²) in [4.78, 5) is 10.9. The van der Waals surface area contributed by atoms with Gasteiger partial charge in [0.1, 0.15) is 6.73 Å². The lowest BCUT2D eigenvalue weighted by atomic mass is 10.2. The molecule has 6 heteroatoms. The fourth-order valence-corrected chi connectivity index (χ4v) is 2.61. The van der Waals surface area contributed by atoms with E-state index in [0.717, 1.165) is 23.6 Å². The van der Waals surface area contributed by atoms with Crippen molar-refractivity contribution in [2.24, 2.45) is 0 Å². The summed E-state index contributed by atoms with van der Waals surface area (Å²) in [6.45, 7) is 8.08. The topological polar surface area (TPSA) is 64.4 Å². The lowest BCUT2D eigenvalue weighted by Crippen LogP contribution is -2.22. The van der Waals surface area contributed by atoms with Gasteiger partial charge in [0.2, 0.25) is 0 Å². The van der Waals surface area contributed by atoms with E-state index in [2.05, 4.69) is 24.7 Å². The van der Waals surface area contributed by atoms with Crippen LogP contribution in [0.15, 0.2) is 24.4 Å². The number of carboxylic acids is 1. The highest BCUT2D eigenvalue weighted by molar-refractivity contribution is 6.76. The molecule has 2 rings (SSSR count). The number of carboxylic acid groups (broad SMARTS) is 1. The van der Waals surface area contributed by atoms with Crippen molar-refractivity contribution in [1.82, 2.24) is 9.78 Å². The molecule has 20 heavy (non-hydrogen) atoms. The Balaban J connectivity index is 2.03. The van der Waals surface area contributed by atoms with Gasteiger partial charge in [-0.25, -0.2) is 9.48 Å². The summed E-state index contributed by atoms with van der Waals surface area (Å²) in [5, 5.41) is 14.0. The Hall–Kier alpha value is -1.66. The van der Waals surface area contributed by atoms with Crippen LogP contribution in [0.4, 0.5) is 0 Å². The standard InChI is InChI=1S/C14H20N2O3Si/c1-20(2,3)7-6-19-10-16-13-5-4-11(14(17)18)8-12(13)9-15-16/h4-5,8-9H,6-7,10H2,1-3H3,(H,17,18). The largest absolute Gasteiger partial charge is 0.478 e. The molecule has 0 spiro atoms. The number of fused-ring (bicyclic) bond motifs is 1. The minimum atomic E-state index is -1.07. The molecule has 0 atom stereocenters. The Bertz CT molecular complexity index is 616. The van der Waals surface area contributed by atoms with Gasteiger partial charge in [-0.3, -0.25) is 0 Å². The van der Waals surface area contributed by atoms with E-state index in [0.29, 0.717) is 6.73 Å². The Kier molecular flexibility index (Phi) is 4.25. The monoisotopic (exact) mass is 292 g/mol. The third-order valence-corrected chi connectivity index (χ3v) is 4.80. The Morgan fingerprint density at radius 3 is 2.80 bits per heavy atom. The number of aromatic carboxylic acids is 1. The van der Waals surface area contributed by atoms with Crippen molar-refractivity contribution >= 4 is 24.9 Å². The van der Waals surface area contributed by atoms with E-state index >= 15 is 0 Å². The van der Waals surface area contributed by atoms with Crippen LogP contribution in [0.25, 0.3) is 10.9 Å². The molecule has 1 heterocycles. The zero-order valence-electron chi connectivity index (χ0n) is 12.1. The zero-order valence-corrected chi connectivity index (χ0v) is 13.1. The first-order chi connectivity index (χ1) is 9.37. The highest BCUT2D eigenvalue weighted by atomic mass is 28.3. The highest BCUT2D eigenvalue weighted by Crippen LogP contribution is 2.16. The highest BCUT2D eigenvalue weighted by Gasteiger charge is 2.12.